The first kappa shape index (κ1) is 15.9. The zero-order valence-electron chi connectivity index (χ0n) is 12.4. The number of hydrogen-bond donors (Lipinski definition) is 2. The number of aliphatic hydroxyl groups is 1. The topological polar surface area (TPSA) is 62.5 Å². The highest BCUT2D eigenvalue weighted by molar-refractivity contribution is 6.31. The summed E-state index contributed by atoms with van der Waals surface area (Å²) in [6, 6.07) is 5.29. The average molecular weight is 310 g/mol. The number of carbonyl (C=O) groups is 1. The Morgan fingerprint density at radius 2 is 2.14 bits per heavy atom. The molecule has 1 aromatic carbocycles. The van der Waals surface area contributed by atoms with Crippen LogP contribution in [-0.2, 0) is 0 Å². The highest BCUT2D eigenvalue weighted by atomic mass is 35.5. The van der Waals surface area contributed by atoms with Gasteiger partial charge in [0, 0.05) is 22.5 Å². The standard InChI is InChI=1S/C16H20ClNO3/c1-9(6-10(2)19)8-18-16(20)15-11(3)13-7-12(17)4-5-14(13)21-15/h4-5,7,9-10,19H,6,8H2,1-3H3,(H,18,20). The van der Waals surface area contributed by atoms with E-state index in [9.17, 15) is 9.90 Å². The van der Waals surface area contributed by atoms with Gasteiger partial charge in [-0.1, -0.05) is 18.5 Å². The SMILES string of the molecule is Cc1c(C(=O)NCC(C)CC(C)O)oc2ccc(Cl)cc12. The van der Waals surface area contributed by atoms with Crippen LogP contribution in [0.4, 0.5) is 0 Å². The molecule has 114 valence electrons. The van der Waals surface area contributed by atoms with Gasteiger partial charge < -0.3 is 14.8 Å². The number of amides is 1. The van der Waals surface area contributed by atoms with Crippen LogP contribution in [-0.4, -0.2) is 23.7 Å². The highest BCUT2D eigenvalue weighted by Crippen LogP contribution is 2.27. The average Bonchev–Trinajstić information content (AvgIpc) is 2.73. The quantitative estimate of drug-likeness (QED) is 0.888. The molecule has 0 aliphatic carbocycles. The molecule has 2 rings (SSSR count). The van der Waals surface area contributed by atoms with Gasteiger partial charge in [-0.15, -0.1) is 0 Å². The first-order chi connectivity index (χ1) is 9.88. The Kier molecular flexibility index (Phi) is 4.91. The third kappa shape index (κ3) is 3.77. The Hall–Kier alpha value is -1.52. The van der Waals surface area contributed by atoms with Gasteiger partial charge in [0.25, 0.3) is 5.91 Å². The minimum absolute atomic E-state index is 0.202. The Morgan fingerprint density at radius 3 is 2.81 bits per heavy atom. The lowest BCUT2D eigenvalue weighted by Crippen LogP contribution is -2.29. The second kappa shape index (κ2) is 6.50. The maximum atomic E-state index is 12.2. The lowest BCUT2D eigenvalue weighted by atomic mass is 10.0. The number of fused-ring (bicyclic) bond motifs is 1. The van der Waals surface area contributed by atoms with Gasteiger partial charge in [-0.05, 0) is 44.4 Å². The minimum atomic E-state index is -0.369. The Labute approximate surface area is 129 Å². The first-order valence-corrected chi connectivity index (χ1v) is 7.41. The van der Waals surface area contributed by atoms with Crippen molar-refractivity contribution in [3.63, 3.8) is 0 Å². The number of halogens is 1. The predicted molar refractivity (Wildman–Crippen MR) is 83.8 cm³/mol. The number of rotatable bonds is 5. The van der Waals surface area contributed by atoms with Crippen LogP contribution in [0.25, 0.3) is 11.0 Å². The second-order valence-corrected chi connectivity index (χ2v) is 6.03. The van der Waals surface area contributed by atoms with Crippen molar-refractivity contribution in [2.24, 2.45) is 5.92 Å². The smallest absolute Gasteiger partial charge is 0.287 e. The van der Waals surface area contributed by atoms with Crippen LogP contribution in [0.5, 0.6) is 0 Å². The maximum Gasteiger partial charge on any atom is 0.287 e. The molecule has 0 fully saturated rings. The number of aliphatic hydroxyl groups excluding tert-OH is 1. The molecule has 0 radical (unpaired) electrons. The summed E-state index contributed by atoms with van der Waals surface area (Å²) in [6.07, 6.45) is 0.279. The van der Waals surface area contributed by atoms with Gasteiger partial charge in [0.05, 0.1) is 6.10 Å². The van der Waals surface area contributed by atoms with Gasteiger partial charge in [-0.2, -0.15) is 0 Å². The molecule has 4 nitrogen and oxygen atoms in total. The normalized spacial score (nSPS) is 14.1. The van der Waals surface area contributed by atoms with E-state index >= 15 is 0 Å². The molecule has 0 aliphatic rings. The summed E-state index contributed by atoms with van der Waals surface area (Å²) in [5, 5.41) is 13.6. The van der Waals surface area contributed by atoms with Gasteiger partial charge >= 0.3 is 0 Å². The second-order valence-electron chi connectivity index (χ2n) is 5.60. The summed E-state index contributed by atoms with van der Waals surface area (Å²) in [6.45, 7) is 6.07. The molecule has 2 N–H and O–H groups in total. The fourth-order valence-corrected chi connectivity index (χ4v) is 2.59. The fraction of sp³-hybridized carbons (Fsp3) is 0.438. The van der Waals surface area contributed by atoms with Gasteiger partial charge in [-0.3, -0.25) is 4.79 Å². The summed E-state index contributed by atoms with van der Waals surface area (Å²) in [5.74, 6) is 0.279. The third-order valence-electron chi connectivity index (χ3n) is 3.46. The zero-order valence-corrected chi connectivity index (χ0v) is 13.2. The number of carbonyl (C=O) groups excluding carboxylic acids is 1. The molecule has 0 saturated heterocycles. The molecule has 2 aromatic rings. The number of hydrogen-bond acceptors (Lipinski definition) is 3. The summed E-state index contributed by atoms with van der Waals surface area (Å²) in [4.78, 5) is 12.2. The summed E-state index contributed by atoms with van der Waals surface area (Å²) in [7, 11) is 0. The van der Waals surface area contributed by atoms with Crippen LogP contribution >= 0.6 is 11.6 Å². The largest absolute Gasteiger partial charge is 0.451 e. The van der Waals surface area contributed by atoms with Crippen molar-refractivity contribution in [2.45, 2.75) is 33.3 Å². The molecule has 5 heteroatoms. The van der Waals surface area contributed by atoms with E-state index in [2.05, 4.69) is 5.32 Å². The molecular formula is C16H20ClNO3. The minimum Gasteiger partial charge on any atom is -0.451 e. The van der Waals surface area contributed by atoms with E-state index in [1.807, 2.05) is 13.8 Å². The molecule has 0 aliphatic heterocycles. The van der Waals surface area contributed by atoms with Crippen LogP contribution in [0.15, 0.2) is 22.6 Å². The van der Waals surface area contributed by atoms with Crippen LogP contribution in [0.1, 0.15) is 36.4 Å². The molecule has 2 unspecified atom stereocenters. The van der Waals surface area contributed by atoms with Gasteiger partial charge in [0.2, 0.25) is 0 Å². The van der Waals surface area contributed by atoms with Crippen LogP contribution in [0.2, 0.25) is 5.02 Å². The van der Waals surface area contributed by atoms with Crippen molar-refractivity contribution in [3.8, 4) is 0 Å². The van der Waals surface area contributed by atoms with Crippen LogP contribution in [0, 0.1) is 12.8 Å². The number of nitrogens with one attached hydrogen (secondary N) is 1. The molecule has 0 saturated carbocycles. The summed E-state index contributed by atoms with van der Waals surface area (Å²) in [5.41, 5.74) is 1.44. The Bertz CT molecular complexity index is 648. The Balaban J connectivity index is 2.11. The van der Waals surface area contributed by atoms with Crippen LogP contribution in [0.3, 0.4) is 0 Å². The highest BCUT2D eigenvalue weighted by Gasteiger charge is 2.18. The molecule has 0 spiro atoms. The van der Waals surface area contributed by atoms with Gasteiger partial charge in [0.15, 0.2) is 5.76 Å². The fourth-order valence-electron chi connectivity index (χ4n) is 2.42. The first-order valence-electron chi connectivity index (χ1n) is 7.03. The van der Waals surface area contributed by atoms with Crippen LogP contribution < -0.4 is 5.32 Å². The van der Waals surface area contributed by atoms with Crippen molar-refractivity contribution < 1.29 is 14.3 Å². The van der Waals surface area contributed by atoms with Crippen molar-refractivity contribution in [1.29, 1.82) is 0 Å². The van der Waals surface area contributed by atoms with E-state index in [1.54, 1.807) is 25.1 Å². The molecular weight excluding hydrogens is 290 g/mol. The number of aryl methyl sites for hydroxylation is 1. The third-order valence-corrected chi connectivity index (χ3v) is 3.69. The summed E-state index contributed by atoms with van der Waals surface area (Å²) < 4.78 is 5.61. The van der Waals surface area contributed by atoms with Crippen molar-refractivity contribution in [1.82, 2.24) is 5.32 Å². The Morgan fingerprint density at radius 1 is 1.43 bits per heavy atom. The van der Waals surface area contributed by atoms with Crippen molar-refractivity contribution >= 4 is 28.5 Å². The molecule has 1 aromatic heterocycles. The van der Waals surface area contributed by atoms with Gasteiger partial charge in [0.1, 0.15) is 5.58 Å². The maximum absolute atomic E-state index is 12.2. The van der Waals surface area contributed by atoms with E-state index in [0.717, 1.165) is 10.9 Å². The monoisotopic (exact) mass is 309 g/mol. The van der Waals surface area contributed by atoms with E-state index < -0.39 is 0 Å². The van der Waals surface area contributed by atoms with Crippen molar-refractivity contribution in [2.75, 3.05) is 6.54 Å². The lowest BCUT2D eigenvalue weighted by molar-refractivity contribution is 0.0913. The van der Waals surface area contributed by atoms with E-state index in [4.69, 9.17) is 16.0 Å². The number of benzene rings is 1. The number of furan rings is 1. The molecule has 0 bridgehead atoms. The molecule has 2 atom stereocenters. The predicted octanol–water partition coefficient (Wildman–Crippen LogP) is 3.53. The molecule has 1 amide bonds. The van der Waals surface area contributed by atoms with E-state index in [-0.39, 0.29) is 17.9 Å². The molecule has 21 heavy (non-hydrogen) atoms. The molecule has 1 heterocycles. The lowest BCUT2D eigenvalue weighted by Gasteiger charge is -2.13. The van der Waals surface area contributed by atoms with E-state index in [1.165, 1.54) is 0 Å². The summed E-state index contributed by atoms with van der Waals surface area (Å²) >= 11 is 5.96. The zero-order chi connectivity index (χ0) is 15.6. The van der Waals surface area contributed by atoms with Crippen molar-refractivity contribution in [3.05, 3.63) is 34.5 Å². The van der Waals surface area contributed by atoms with Gasteiger partial charge in [-0.25, -0.2) is 0 Å². The van der Waals surface area contributed by atoms with E-state index in [0.29, 0.717) is 29.3 Å².